The molecule has 0 unspecified atom stereocenters. The minimum Gasteiger partial charge on any atom is -0.192 e. The standard InChI is InChI=1S/C16H21N.H2/c1-13-2-4-14(5-3-13)6-7-15-8-10-16(12-17)11-9-15;/h8-11,13-14H,2-7H2,1H3;1H. The Morgan fingerprint density at radius 3 is 2.41 bits per heavy atom. The molecule has 0 saturated heterocycles. The molecule has 1 fully saturated rings. The highest BCUT2D eigenvalue weighted by molar-refractivity contribution is 5.31. The predicted molar refractivity (Wildman–Crippen MR) is 72.7 cm³/mol. The van der Waals surface area contributed by atoms with E-state index in [4.69, 9.17) is 5.26 Å². The minimum atomic E-state index is 0. The summed E-state index contributed by atoms with van der Waals surface area (Å²) in [5.74, 6) is 1.88. The van der Waals surface area contributed by atoms with Crippen molar-refractivity contribution in [3.63, 3.8) is 0 Å². The lowest BCUT2D eigenvalue weighted by atomic mass is 9.80. The number of hydrogen-bond acceptors (Lipinski definition) is 1. The Morgan fingerprint density at radius 1 is 1.18 bits per heavy atom. The molecule has 0 N–H and O–H groups in total. The first kappa shape index (κ1) is 12.2. The Balaban J connectivity index is 0.00000162. The molecule has 0 heterocycles. The molecule has 1 aliphatic carbocycles. The van der Waals surface area contributed by atoms with Crippen molar-refractivity contribution in [3.8, 4) is 6.07 Å². The third-order valence-electron chi connectivity index (χ3n) is 4.06. The largest absolute Gasteiger partial charge is 0.192 e. The van der Waals surface area contributed by atoms with E-state index in [0.29, 0.717) is 0 Å². The lowest BCUT2D eigenvalue weighted by Gasteiger charge is -2.26. The second-order valence-electron chi connectivity index (χ2n) is 5.47. The Kier molecular flexibility index (Phi) is 4.20. The summed E-state index contributed by atoms with van der Waals surface area (Å²) in [6.07, 6.45) is 8.15. The van der Waals surface area contributed by atoms with E-state index in [9.17, 15) is 0 Å². The van der Waals surface area contributed by atoms with Gasteiger partial charge in [0.15, 0.2) is 0 Å². The summed E-state index contributed by atoms with van der Waals surface area (Å²) in [6, 6.07) is 10.2. The quantitative estimate of drug-likeness (QED) is 0.745. The maximum Gasteiger partial charge on any atom is 0.0991 e. The second-order valence-corrected chi connectivity index (χ2v) is 5.47. The normalized spacial score (nSPS) is 24.2. The third kappa shape index (κ3) is 3.60. The molecule has 0 atom stereocenters. The minimum absolute atomic E-state index is 0. The van der Waals surface area contributed by atoms with Crippen LogP contribution >= 0.6 is 0 Å². The fourth-order valence-corrected chi connectivity index (χ4v) is 2.73. The van der Waals surface area contributed by atoms with E-state index < -0.39 is 0 Å². The van der Waals surface area contributed by atoms with Crippen molar-refractivity contribution in [3.05, 3.63) is 35.4 Å². The van der Waals surface area contributed by atoms with Crippen molar-refractivity contribution in [1.29, 1.82) is 5.26 Å². The van der Waals surface area contributed by atoms with Crippen molar-refractivity contribution < 1.29 is 1.43 Å². The van der Waals surface area contributed by atoms with Crippen molar-refractivity contribution in [1.82, 2.24) is 0 Å². The van der Waals surface area contributed by atoms with E-state index in [1.165, 1.54) is 44.1 Å². The van der Waals surface area contributed by atoms with Gasteiger partial charge in [-0.05, 0) is 42.4 Å². The number of benzene rings is 1. The molecule has 1 aliphatic rings. The molecule has 1 aromatic rings. The average Bonchev–Trinajstić information content (AvgIpc) is 2.39. The third-order valence-corrected chi connectivity index (χ3v) is 4.06. The van der Waals surface area contributed by atoms with Gasteiger partial charge in [0.05, 0.1) is 11.6 Å². The van der Waals surface area contributed by atoms with Crippen molar-refractivity contribution in [2.75, 3.05) is 0 Å². The Morgan fingerprint density at radius 2 is 1.82 bits per heavy atom. The van der Waals surface area contributed by atoms with Gasteiger partial charge in [0, 0.05) is 1.43 Å². The average molecular weight is 229 g/mol. The van der Waals surface area contributed by atoms with Crippen LogP contribution in [0.15, 0.2) is 24.3 Å². The molecule has 0 bridgehead atoms. The van der Waals surface area contributed by atoms with Crippen LogP contribution in [0.1, 0.15) is 51.6 Å². The number of hydrogen-bond donors (Lipinski definition) is 0. The second kappa shape index (κ2) is 5.87. The molecule has 0 amide bonds. The molecule has 1 heteroatoms. The van der Waals surface area contributed by atoms with Crippen LogP contribution in [-0.4, -0.2) is 0 Å². The van der Waals surface area contributed by atoms with Crippen molar-refractivity contribution in [2.45, 2.75) is 45.4 Å². The van der Waals surface area contributed by atoms with Crippen LogP contribution in [0.25, 0.3) is 0 Å². The van der Waals surface area contributed by atoms with E-state index in [0.717, 1.165) is 17.4 Å². The summed E-state index contributed by atoms with van der Waals surface area (Å²) in [5.41, 5.74) is 2.14. The molecule has 0 aliphatic heterocycles. The molecule has 1 nitrogen and oxygen atoms in total. The first-order chi connectivity index (χ1) is 8.28. The molecule has 0 radical (unpaired) electrons. The maximum atomic E-state index is 8.74. The highest BCUT2D eigenvalue weighted by atomic mass is 14.2. The number of aryl methyl sites for hydroxylation is 1. The van der Waals surface area contributed by atoms with Crippen LogP contribution < -0.4 is 0 Å². The van der Waals surface area contributed by atoms with Crippen LogP contribution in [0.2, 0.25) is 0 Å². The van der Waals surface area contributed by atoms with Crippen LogP contribution in [0, 0.1) is 23.2 Å². The van der Waals surface area contributed by atoms with Crippen LogP contribution in [0.5, 0.6) is 0 Å². The van der Waals surface area contributed by atoms with Gasteiger partial charge in [-0.1, -0.05) is 44.7 Å². The van der Waals surface area contributed by atoms with Gasteiger partial charge < -0.3 is 0 Å². The first-order valence-electron chi connectivity index (χ1n) is 6.77. The first-order valence-corrected chi connectivity index (χ1v) is 6.77. The SMILES string of the molecule is CC1CCC(CCc2ccc(C#N)cc2)CC1.[HH]. The van der Waals surface area contributed by atoms with Gasteiger partial charge in [0.2, 0.25) is 0 Å². The molecular weight excluding hydrogens is 206 g/mol. The lowest BCUT2D eigenvalue weighted by Crippen LogP contribution is -2.12. The lowest BCUT2D eigenvalue weighted by molar-refractivity contribution is 0.278. The number of nitriles is 1. The van der Waals surface area contributed by atoms with Crippen molar-refractivity contribution >= 4 is 0 Å². The smallest absolute Gasteiger partial charge is 0.0991 e. The zero-order chi connectivity index (χ0) is 12.1. The van der Waals surface area contributed by atoms with E-state index in [1.807, 2.05) is 12.1 Å². The molecule has 17 heavy (non-hydrogen) atoms. The van der Waals surface area contributed by atoms with E-state index in [-0.39, 0.29) is 1.43 Å². The highest BCUT2D eigenvalue weighted by Crippen LogP contribution is 2.31. The van der Waals surface area contributed by atoms with Gasteiger partial charge in [-0.2, -0.15) is 5.26 Å². The molecule has 0 spiro atoms. The van der Waals surface area contributed by atoms with E-state index in [1.54, 1.807) is 0 Å². The van der Waals surface area contributed by atoms with Gasteiger partial charge in [-0.15, -0.1) is 0 Å². The zero-order valence-corrected chi connectivity index (χ0v) is 10.7. The molecule has 0 aromatic heterocycles. The predicted octanol–water partition coefficient (Wildman–Crippen LogP) is 4.56. The van der Waals surface area contributed by atoms with Crippen LogP contribution in [-0.2, 0) is 6.42 Å². The summed E-state index contributed by atoms with van der Waals surface area (Å²) in [4.78, 5) is 0. The van der Waals surface area contributed by atoms with Gasteiger partial charge >= 0.3 is 0 Å². The summed E-state index contributed by atoms with van der Waals surface area (Å²) in [6.45, 7) is 2.37. The van der Waals surface area contributed by atoms with Gasteiger partial charge in [-0.25, -0.2) is 0 Å². The Bertz CT molecular complexity index is 383. The summed E-state index contributed by atoms with van der Waals surface area (Å²) in [7, 11) is 0. The zero-order valence-electron chi connectivity index (χ0n) is 10.7. The molecular formula is C16H23N. The summed E-state index contributed by atoms with van der Waals surface area (Å²) >= 11 is 0. The van der Waals surface area contributed by atoms with Crippen LogP contribution in [0.3, 0.4) is 0 Å². The summed E-state index contributed by atoms with van der Waals surface area (Å²) < 4.78 is 0. The topological polar surface area (TPSA) is 23.8 Å². The molecule has 1 saturated carbocycles. The maximum absolute atomic E-state index is 8.74. The summed E-state index contributed by atoms with van der Waals surface area (Å²) in [5, 5.41) is 8.74. The molecule has 1 aromatic carbocycles. The highest BCUT2D eigenvalue weighted by Gasteiger charge is 2.17. The van der Waals surface area contributed by atoms with Crippen LogP contribution in [0.4, 0.5) is 0 Å². The van der Waals surface area contributed by atoms with Gasteiger partial charge in [0.25, 0.3) is 0 Å². The fourth-order valence-electron chi connectivity index (χ4n) is 2.73. The number of nitrogens with zero attached hydrogens (tertiary/aromatic N) is 1. The monoisotopic (exact) mass is 229 g/mol. The number of rotatable bonds is 3. The Labute approximate surface area is 106 Å². The van der Waals surface area contributed by atoms with E-state index in [2.05, 4.69) is 25.1 Å². The Hall–Kier alpha value is -1.29. The fraction of sp³-hybridized carbons (Fsp3) is 0.562. The van der Waals surface area contributed by atoms with Gasteiger partial charge in [-0.3, -0.25) is 0 Å². The van der Waals surface area contributed by atoms with Gasteiger partial charge in [0.1, 0.15) is 0 Å². The molecule has 2 rings (SSSR count). The van der Waals surface area contributed by atoms with Crippen molar-refractivity contribution in [2.24, 2.45) is 11.8 Å². The molecule has 92 valence electrons. The van der Waals surface area contributed by atoms with E-state index >= 15 is 0 Å².